The number of allylic oxidation sites excluding steroid dienone is 2. The first-order valence-corrected chi connectivity index (χ1v) is 6.49. The highest BCUT2D eigenvalue weighted by atomic mass is 14.7. The molecule has 0 spiro atoms. The third-order valence-electron chi connectivity index (χ3n) is 3.52. The van der Waals surface area contributed by atoms with Crippen molar-refractivity contribution in [1.82, 2.24) is 4.98 Å². The van der Waals surface area contributed by atoms with Crippen LogP contribution in [0.1, 0.15) is 44.7 Å². The quantitative estimate of drug-likeness (QED) is 0.687. The number of aromatic nitrogens is 1. The first-order chi connectivity index (χ1) is 7.90. The lowest BCUT2D eigenvalue weighted by atomic mass is 9.85. The van der Waals surface area contributed by atoms with E-state index in [1.165, 1.54) is 37.8 Å². The topological polar surface area (TPSA) is 12.9 Å². The Morgan fingerprint density at radius 3 is 2.88 bits per heavy atom. The van der Waals surface area contributed by atoms with Crippen LogP contribution in [-0.2, 0) is 6.42 Å². The standard InChI is InChI=1S/C15H21N/c1-2-13(14-8-4-3-5-9-14)12-15-10-6-7-11-16-15/h6-8,10-11,13H,2-5,9,12H2,1H3. The van der Waals surface area contributed by atoms with Crippen molar-refractivity contribution < 1.29 is 0 Å². The van der Waals surface area contributed by atoms with Crippen LogP contribution in [0, 0.1) is 5.92 Å². The third kappa shape index (κ3) is 2.94. The highest BCUT2D eigenvalue weighted by Crippen LogP contribution is 2.28. The van der Waals surface area contributed by atoms with Gasteiger partial charge >= 0.3 is 0 Å². The summed E-state index contributed by atoms with van der Waals surface area (Å²) in [5.41, 5.74) is 2.92. The lowest BCUT2D eigenvalue weighted by molar-refractivity contribution is 0.527. The number of rotatable bonds is 4. The summed E-state index contributed by atoms with van der Waals surface area (Å²) in [6, 6.07) is 6.22. The van der Waals surface area contributed by atoms with Gasteiger partial charge in [-0.2, -0.15) is 0 Å². The predicted molar refractivity (Wildman–Crippen MR) is 68.3 cm³/mol. The van der Waals surface area contributed by atoms with Crippen LogP contribution in [0.15, 0.2) is 36.0 Å². The van der Waals surface area contributed by atoms with Crippen molar-refractivity contribution >= 4 is 0 Å². The van der Waals surface area contributed by atoms with E-state index in [-0.39, 0.29) is 0 Å². The summed E-state index contributed by atoms with van der Waals surface area (Å²) >= 11 is 0. The Hall–Kier alpha value is -1.11. The van der Waals surface area contributed by atoms with Crippen molar-refractivity contribution in [2.45, 2.75) is 45.4 Å². The van der Waals surface area contributed by atoms with Gasteiger partial charge in [-0.25, -0.2) is 0 Å². The average Bonchev–Trinajstić information content (AvgIpc) is 2.38. The summed E-state index contributed by atoms with van der Waals surface area (Å²) in [7, 11) is 0. The Morgan fingerprint density at radius 2 is 2.25 bits per heavy atom. The van der Waals surface area contributed by atoms with Gasteiger partial charge in [-0.3, -0.25) is 4.98 Å². The maximum absolute atomic E-state index is 4.43. The Kier molecular flexibility index (Phi) is 4.15. The molecular formula is C15H21N. The second-order valence-corrected chi connectivity index (χ2v) is 4.66. The zero-order valence-electron chi connectivity index (χ0n) is 10.2. The SMILES string of the molecule is CCC(Cc1ccccn1)C1=CCCCC1. The minimum absolute atomic E-state index is 0.718. The van der Waals surface area contributed by atoms with Gasteiger partial charge in [0, 0.05) is 11.9 Å². The molecule has 1 nitrogen and oxygen atoms in total. The number of hydrogen-bond donors (Lipinski definition) is 0. The number of pyridine rings is 1. The van der Waals surface area contributed by atoms with Gasteiger partial charge in [0.05, 0.1) is 0 Å². The Morgan fingerprint density at radius 1 is 1.31 bits per heavy atom. The summed E-state index contributed by atoms with van der Waals surface area (Å²) in [5, 5.41) is 0. The van der Waals surface area contributed by atoms with Crippen LogP contribution in [0.2, 0.25) is 0 Å². The van der Waals surface area contributed by atoms with Crippen LogP contribution >= 0.6 is 0 Å². The van der Waals surface area contributed by atoms with Crippen LogP contribution in [0.25, 0.3) is 0 Å². The largest absolute Gasteiger partial charge is 0.261 e. The monoisotopic (exact) mass is 215 g/mol. The molecule has 16 heavy (non-hydrogen) atoms. The molecule has 2 rings (SSSR count). The van der Waals surface area contributed by atoms with Crippen LogP contribution in [-0.4, -0.2) is 4.98 Å². The van der Waals surface area contributed by atoms with Crippen molar-refractivity contribution in [2.24, 2.45) is 5.92 Å². The molecule has 0 saturated heterocycles. The molecule has 0 fully saturated rings. The first kappa shape index (κ1) is 11.4. The van der Waals surface area contributed by atoms with E-state index in [9.17, 15) is 0 Å². The Labute approximate surface area is 98.6 Å². The maximum Gasteiger partial charge on any atom is 0.0409 e. The molecule has 1 aromatic rings. The Bertz CT molecular complexity index is 340. The normalized spacial score (nSPS) is 17.9. The molecule has 0 amide bonds. The fourth-order valence-electron chi connectivity index (χ4n) is 2.54. The molecular weight excluding hydrogens is 194 g/mol. The number of nitrogens with zero attached hydrogens (tertiary/aromatic N) is 1. The van der Waals surface area contributed by atoms with Gasteiger partial charge in [0.2, 0.25) is 0 Å². The predicted octanol–water partition coefficient (Wildman–Crippen LogP) is 4.15. The third-order valence-corrected chi connectivity index (χ3v) is 3.52. The van der Waals surface area contributed by atoms with E-state index < -0.39 is 0 Å². The maximum atomic E-state index is 4.43. The zero-order chi connectivity index (χ0) is 11.2. The van der Waals surface area contributed by atoms with Gasteiger partial charge in [0.15, 0.2) is 0 Å². The molecule has 1 aliphatic rings. The molecule has 1 heterocycles. The van der Waals surface area contributed by atoms with Gasteiger partial charge in [-0.05, 0) is 56.6 Å². The van der Waals surface area contributed by atoms with E-state index in [4.69, 9.17) is 0 Å². The zero-order valence-corrected chi connectivity index (χ0v) is 10.2. The minimum Gasteiger partial charge on any atom is -0.261 e. The fourth-order valence-corrected chi connectivity index (χ4v) is 2.54. The molecule has 0 radical (unpaired) electrons. The summed E-state index contributed by atoms with van der Waals surface area (Å²) in [6.45, 7) is 2.29. The van der Waals surface area contributed by atoms with Crippen LogP contribution < -0.4 is 0 Å². The van der Waals surface area contributed by atoms with E-state index in [2.05, 4.69) is 30.1 Å². The Balaban J connectivity index is 2.03. The lowest BCUT2D eigenvalue weighted by Gasteiger charge is -2.21. The number of hydrogen-bond acceptors (Lipinski definition) is 1. The summed E-state index contributed by atoms with van der Waals surface area (Å²) in [6.07, 6.45) is 12.1. The molecule has 1 unspecified atom stereocenters. The summed E-state index contributed by atoms with van der Waals surface area (Å²) in [4.78, 5) is 4.43. The molecule has 0 aliphatic heterocycles. The van der Waals surface area contributed by atoms with E-state index in [0.717, 1.165) is 12.3 Å². The molecule has 1 atom stereocenters. The van der Waals surface area contributed by atoms with Crippen molar-refractivity contribution in [3.63, 3.8) is 0 Å². The second-order valence-electron chi connectivity index (χ2n) is 4.66. The van der Waals surface area contributed by atoms with Gasteiger partial charge in [0.25, 0.3) is 0 Å². The van der Waals surface area contributed by atoms with Gasteiger partial charge in [0.1, 0.15) is 0 Å². The highest BCUT2D eigenvalue weighted by molar-refractivity contribution is 5.14. The van der Waals surface area contributed by atoms with Crippen molar-refractivity contribution in [2.75, 3.05) is 0 Å². The van der Waals surface area contributed by atoms with E-state index in [1.807, 2.05) is 12.3 Å². The lowest BCUT2D eigenvalue weighted by Crippen LogP contribution is -2.10. The van der Waals surface area contributed by atoms with Crippen LogP contribution in [0.5, 0.6) is 0 Å². The van der Waals surface area contributed by atoms with Crippen molar-refractivity contribution in [3.05, 3.63) is 41.7 Å². The van der Waals surface area contributed by atoms with Crippen LogP contribution in [0.3, 0.4) is 0 Å². The van der Waals surface area contributed by atoms with E-state index in [1.54, 1.807) is 5.57 Å². The molecule has 0 N–H and O–H groups in total. The van der Waals surface area contributed by atoms with Gasteiger partial charge < -0.3 is 0 Å². The minimum atomic E-state index is 0.718. The molecule has 1 aliphatic carbocycles. The van der Waals surface area contributed by atoms with E-state index >= 15 is 0 Å². The smallest absolute Gasteiger partial charge is 0.0409 e. The molecule has 0 bridgehead atoms. The van der Waals surface area contributed by atoms with Crippen molar-refractivity contribution in [3.8, 4) is 0 Å². The fraction of sp³-hybridized carbons (Fsp3) is 0.533. The van der Waals surface area contributed by atoms with Gasteiger partial charge in [-0.15, -0.1) is 0 Å². The highest BCUT2D eigenvalue weighted by Gasteiger charge is 2.15. The van der Waals surface area contributed by atoms with E-state index in [0.29, 0.717) is 0 Å². The molecule has 1 heteroatoms. The summed E-state index contributed by atoms with van der Waals surface area (Å²) in [5.74, 6) is 0.718. The first-order valence-electron chi connectivity index (χ1n) is 6.49. The molecule has 86 valence electrons. The average molecular weight is 215 g/mol. The summed E-state index contributed by atoms with van der Waals surface area (Å²) < 4.78 is 0. The van der Waals surface area contributed by atoms with Crippen LogP contribution in [0.4, 0.5) is 0 Å². The second kappa shape index (κ2) is 5.83. The molecule has 0 saturated carbocycles. The molecule has 1 aromatic heterocycles. The van der Waals surface area contributed by atoms with Crippen molar-refractivity contribution in [1.29, 1.82) is 0 Å². The molecule has 0 aromatic carbocycles. The van der Waals surface area contributed by atoms with Gasteiger partial charge in [-0.1, -0.05) is 24.6 Å².